The first-order chi connectivity index (χ1) is 9.31. The molecule has 1 aromatic carbocycles. The summed E-state index contributed by atoms with van der Waals surface area (Å²) in [5.41, 5.74) is 1.14. The van der Waals surface area contributed by atoms with Crippen molar-refractivity contribution in [1.29, 1.82) is 0 Å². The SMILES string of the molecule is CC(=O)Nc1cccc(NC(=O)C(C)C(=O)C(C)C)c1. The molecule has 0 heterocycles. The van der Waals surface area contributed by atoms with Crippen molar-refractivity contribution in [2.75, 3.05) is 10.6 Å². The lowest BCUT2D eigenvalue weighted by atomic mass is 9.96. The van der Waals surface area contributed by atoms with E-state index < -0.39 is 5.92 Å². The summed E-state index contributed by atoms with van der Waals surface area (Å²) < 4.78 is 0. The van der Waals surface area contributed by atoms with Crippen LogP contribution in [0, 0.1) is 11.8 Å². The molecule has 0 aliphatic rings. The van der Waals surface area contributed by atoms with Crippen LogP contribution in [0.2, 0.25) is 0 Å². The standard InChI is InChI=1S/C15H20N2O3/c1-9(2)14(19)10(3)15(20)17-13-7-5-6-12(8-13)16-11(4)18/h5-10H,1-4H3,(H,16,18)(H,17,20). The Bertz CT molecular complexity index is 524. The molecule has 2 N–H and O–H groups in total. The largest absolute Gasteiger partial charge is 0.326 e. The zero-order valence-electron chi connectivity index (χ0n) is 12.2. The van der Waals surface area contributed by atoms with Gasteiger partial charge in [-0.05, 0) is 25.1 Å². The number of carbonyl (C=O) groups excluding carboxylic acids is 3. The van der Waals surface area contributed by atoms with Crippen molar-refractivity contribution < 1.29 is 14.4 Å². The third kappa shape index (κ3) is 4.50. The van der Waals surface area contributed by atoms with Crippen molar-refractivity contribution in [3.05, 3.63) is 24.3 Å². The summed E-state index contributed by atoms with van der Waals surface area (Å²) in [6.07, 6.45) is 0. The molecular formula is C15H20N2O3. The van der Waals surface area contributed by atoms with Crippen LogP contribution >= 0.6 is 0 Å². The fourth-order valence-corrected chi connectivity index (χ4v) is 1.76. The lowest BCUT2D eigenvalue weighted by molar-refractivity contribution is -0.132. The monoisotopic (exact) mass is 276 g/mol. The Morgan fingerprint density at radius 3 is 2.05 bits per heavy atom. The molecule has 0 aliphatic carbocycles. The molecule has 1 aromatic rings. The van der Waals surface area contributed by atoms with E-state index in [1.54, 1.807) is 45.0 Å². The van der Waals surface area contributed by atoms with Crippen molar-refractivity contribution in [3.63, 3.8) is 0 Å². The maximum absolute atomic E-state index is 12.0. The van der Waals surface area contributed by atoms with Crippen molar-refractivity contribution in [2.45, 2.75) is 27.7 Å². The first kappa shape index (κ1) is 15.9. The molecule has 2 amide bonds. The molecule has 108 valence electrons. The highest BCUT2D eigenvalue weighted by molar-refractivity contribution is 6.07. The molecule has 0 saturated heterocycles. The van der Waals surface area contributed by atoms with E-state index in [2.05, 4.69) is 10.6 Å². The van der Waals surface area contributed by atoms with E-state index in [-0.39, 0.29) is 23.5 Å². The van der Waals surface area contributed by atoms with E-state index in [0.29, 0.717) is 11.4 Å². The van der Waals surface area contributed by atoms with Crippen LogP contribution in [0.5, 0.6) is 0 Å². The van der Waals surface area contributed by atoms with E-state index in [4.69, 9.17) is 0 Å². The van der Waals surface area contributed by atoms with Crippen LogP contribution in [0.3, 0.4) is 0 Å². The zero-order valence-corrected chi connectivity index (χ0v) is 12.2. The van der Waals surface area contributed by atoms with Gasteiger partial charge in [-0.3, -0.25) is 14.4 Å². The molecule has 0 fully saturated rings. The second-order valence-corrected chi connectivity index (χ2v) is 5.03. The Hall–Kier alpha value is -2.17. The van der Waals surface area contributed by atoms with Gasteiger partial charge in [0.25, 0.3) is 0 Å². The second kappa shape index (κ2) is 6.84. The van der Waals surface area contributed by atoms with Gasteiger partial charge in [-0.2, -0.15) is 0 Å². The quantitative estimate of drug-likeness (QED) is 0.811. The molecule has 0 bridgehead atoms. The van der Waals surface area contributed by atoms with E-state index in [9.17, 15) is 14.4 Å². The van der Waals surface area contributed by atoms with E-state index in [1.807, 2.05) is 0 Å². The van der Waals surface area contributed by atoms with Crippen LogP contribution in [-0.2, 0) is 14.4 Å². The van der Waals surface area contributed by atoms with Crippen LogP contribution in [0.1, 0.15) is 27.7 Å². The van der Waals surface area contributed by atoms with Gasteiger partial charge in [0.2, 0.25) is 11.8 Å². The van der Waals surface area contributed by atoms with Crippen LogP contribution in [0.25, 0.3) is 0 Å². The maximum Gasteiger partial charge on any atom is 0.234 e. The molecule has 5 heteroatoms. The van der Waals surface area contributed by atoms with Gasteiger partial charge in [0.15, 0.2) is 0 Å². The lowest BCUT2D eigenvalue weighted by Crippen LogP contribution is -2.30. The first-order valence-corrected chi connectivity index (χ1v) is 6.53. The van der Waals surface area contributed by atoms with Gasteiger partial charge in [-0.25, -0.2) is 0 Å². The van der Waals surface area contributed by atoms with Gasteiger partial charge in [0, 0.05) is 24.2 Å². The summed E-state index contributed by atoms with van der Waals surface area (Å²) in [5, 5.41) is 5.31. The summed E-state index contributed by atoms with van der Waals surface area (Å²) in [5.74, 6) is -1.50. The number of ketones is 1. The summed E-state index contributed by atoms with van der Waals surface area (Å²) in [4.78, 5) is 34.7. The molecule has 0 aliphatic heterocycles. The van der Waals surface area contributed by atoms with Crippen LogP contribution in [0.4, 0.5) is 11.4 Å². The number of carbonyl (C=O) groups is 3. The number of nitrogens with one attached hydrogen (secondary N) is 2. The number of anilines is 2. The van der Waals surface area contributed by atoms with E-state index in [0.717, 1.165) is 0 Å². The molecule has 1 unspecified atom stereocenters. The minimum absolute atomic E-state index is 0.0967. The molecule has 0 radical (unpaired) electrons. The molecule has 20 heavy (non-hydrogen) atoms. The minimum Gasteiger partial charge on any atom is -0.326 e. The summed E-state index contributed by atoms with van der Waals surface area (Å²) in [7, 11) is 0. The van der Waals surface area contributed by atoms with E-state index >= 15 is 0 Å². The molecule has 0 aromatic heterocycles. The van der Waals surface area contributed by atoms with Gasteiger partial charge in [0.05, 0.1) is 5.92 Å². The summed E-state index contributed by atoms with van der Waals surface area (Å²) in [6, 6.07) is 6.79. The van der Waals surface area contributed by atoms with Gasteiger partial charge in [-0.1, -0.05) is 19.9 Å². The number of Topliss-reactive ketones (excluding diaryl/α,β-unsaturated/α-hetero) is 1. The van der Waals surface area contributed by atoms with Crippen molar-refractivity contribution in [3.8, 4) is 0 Å². The third-order valence-corrected chi connectivity index (χ3v) is 2.84. The van der Waals surface area contributed by atoms with Crippen molar-refractivity contribution >= 4 is 29.0 Å². The Balaban J connectivity index is 2.75. The average molecular weight is 276 g/mol. The number of benzene rings is 1. The smallest absolute Gasteiger partial charge is 0.234 e. The number of hydrogen-bond acceptors (Lipinski definition) is 3. The van der Waals surface area contributed by atoms with Gasteiger partial charge in [-0.15, -0.1) is 0 Å². The van der Waals surface area contributed by atoms with Gasteiger partial charge in [0.1, 0.15) is 5.78 Å². The van der Waals surface area contributed by atoms with Crippen LogP contribution < -0.4 is 10.6 Å². The fourth-order valence-electron chi connectivity index (χ4n) is 1.76. The Morgan fingerprint density at radius 1 is 1.00 bits per heavy atom. The highest BCUT2D eigenvalue weighted by Gasteiger charge is 2.23. The Kier molecular flexibility index (Phi) is 5.43. The number of amides is 2. The van der Waals surface area contributed by atoms with Crippen molar-refractivity contribution in [2.24, 2.45) is 11.8 Å². The van der Waals surface area contributed by atoms with Crippen LogP contribution in [0.15, 0.2) is 24.3 Å². The summed E-state index contributed by atoms with van der Waals surface area (Å²) >= 11 is 0. The Morgan fingerprint density at radius 2 is 1.55 bits per heavy atom. The van der Waals surface area contributed by atoms with E-state index in [1.165, 1.54) is 6.92 Å². The molecule has 1 rings (SSSR count). The molecule has 5 nitrogen and oxygen atoms in total. The fraction of sp³-hybridized carbons (Fsp3) is 0.400. The normalized spacial score (nSPS) is 11.8. The topological polar surface area (TPSA) is 75.3 Å². The highest BCUT2D eigenvalue weighted by atomic mass is 16.2. The predicted octanol–water partition coefficient (Wildman–Crippen LogP) is 2.44. The third-order valence-electron chi connectivity index (χ3n) is 2.84. The molecule has 0 saturated carbocycles. The van der Waals surface area contributed by atoms with Gasteiger partial charge < -0.3 is 10.6 Å². The zero-order chi connectivity index (χ0) is 15.3. The maximum atomic E-state index is 12.0. The van der Waals surface area contributed by atoms with Crippen molar-refractivity contribution in [1.82, 2.24) is 0 Å². The minimum atomic E-state index is -0.695. The highest BCUT2D eigenvalue weighted by Crippen LogP contribution is 2.17. The number of hydrogen-bond donors (Lipinski definition) is 2. The predicted molar refractivity (Wildman–Crippen MR) is 78.4 cm³/mol. The van der Waals surface area contributed by atoms with Gasteiger partial charge >= 0.3 is 0 Å². The number of rotatable bonds is 5. The molecular weight excluding hydrogens is 256 g/mol. The molecule has 0 spiro atoms. The second-order valence-electron chi connectivity index (χ2n) is 5.03. The first-order valence-electron chi connectivity index (χ1n) is 6.53. The lowest BCUT2D eigenvalue weighted by Gasteiger charge is -2.14. The van der Waals surface area contributed by atoms with Crippen LogP contribution in [-0.4, -0.2) is 17.6 Å². The Labute approximate surface area is 118 Å². The molecule has 1 atom stereocenters. The average Bonchev–Trinajstić information content (AvgIpc) is 2.36. The summed E-state index contributed by atoms with van der Waals surface area (Å²) in [6.45, 7) is 6.54.